The summed E-state index contributed by atoms with van der Waals surface area (Å²) in [4.78, 5) is 16.8. The SMILES string of the molecule is CCN(CC1CCNCC1)C(=O)C1CCN(C)C1. The zero-order valence-corrected chi connectivity index (χ0v) is 11.8. The normalized spacial score (nSPS) is 26.4. The van der Waals surface area contributed by atoms with Crippen molar-refractivity contribution in [1.82, 2.24) is 15.1 Å². The highest BCUT2D eigenvalue weighted by molar-refractivity contribution is 5.79. The molecule has 4 heteroatoms. The highest BCUT2D eigenvalue weighted by Crippen LogP contribution is 2.20. The lowest BCUT2D eigenvalue weighted by Crippen LogP contribution is -2.42. The second-order valence-corrected chi connectivity index (χ2v) is 5.82. The van der Waals surface area contributed by atoms with Gasteiger partial charge < -0.3 is 15.1 Å². The molecule has 0 bridgehead atoms. The summed E-state index contributed by atoms with van der Waals surface area (Å²) < 4.78 is 0. The van der Waals surface area contributed by atoms with Crippen LogP contribution in [0.2, 0.25) is 0 Å². The summed E-state index contributed by atoms with van der Waals surface area (Å²) in [6.07, 6.45) is 3.47. The molecule has 0 aromatic carbocycles. The van der Waals surface area contributed by atoms with Crippen molar-refractivity contribution in [2.75, 3.05) is 46.3 Å². The van der Waals surface area contributed by atoms with Gasteiger partial charge in [0, 0.05) is 19.6 Å². The molecule has 0 saturated carbocycles. The minimum Gasteiger partial charge on any atom is -0.342 e. The van der Waals surface area contributed by atoms with Gasteiger partial charge in [-0.1, -0.05) is 0 Å². The number of nitrogens with zero attached hydrogens (tertiary/aromatic N) is 2. The third-order valence-electron chi connectivity index (χ3n) is 4.37. The quantitative estimate of drug-likeness (QED) is 0.804. The van der Waals surface area contributed by atoms with Crippen LogP contribution in [0, 0.1) is 11.8 Å². The fraction of sp³-hybridized carbons (Fsp3) is 0.929. The standard InChI is InChI=1S/C14H27N3O/c1-3-17(10-12-4-7-15-8-5-12)14(18)13-6-9-16(2)11-13/h12-13,15H,3-11H2,1-2H3. The Morgan fingerprint density at radius 3 is 2.61 bits per heavy atom. The number of rotatable bonds is 4. The molecule has 4 nitrogen and oxygen atoms in total. The van der Waals surface area contributed by atoms with E-state index in [-0.39, 0.29) is 5.92 Å². The first kappa shape index (κ1) is 13.8. The maximum absolute atomic E-state index is 12.5. The number of piperidine rings is 1. The van der Waals surface area contributed by atoms with Gasteiger partial charge in [-0.25, -0.2) is 0 Å². The van der Waals surface area contributed by atoms with Crippen LogP contribution in [0.5, 0.6) is 0 Å². The summed E-state index contributed by atoms with van der Waals surface area (Å²) in [6, 6.07) is 0. The summed E-state index contributed by atoms with van der Waals surface area (Å²) in [5.41, 5.74) is 0. The molecular weight excluding hydrogens is 226 g/mol. The molecule has 0 aromatic heterocycles. The third kappa shape index (κ3) is 3.45. The second kappa shape index (κ2) is 6.53. The van der Waals surface area contributed by atoms with Crippen molar-refractivity contribution in [2.24, 2.45) is 11.8 Å². The summed E-state index contributed by atoms with van der Waals surface area (Å²) in [5, 5.41) is 3.39. The summed E-state index contributed by atoms with van der Waals surface area (Å²) in [7, 11) is 2.11. The van der Waals surface area contributed by atoms with Crippen LogP contribution in [0.4, 0.5) is 0 Å². The van der Waals surface area contributed by atoms with Gasteiger partial charge in [0.25, 0.3) is 0 Å². The Labute approximate surface area is 111 Å². The number of nitrogens with one attached hydrogen (secondary N) is 1. The fourth-order valence-electron chi connectivity index (χ4n) is 3.15. The van der Waals surface area contributed by atoms with Gasteiger partial charge in [-0.2, -0.15) is 0 Å². The van der Waals surface area contributed by atoms with E-state index in [0.717, 1.165) is 45.7 Å². The fourth-order valence-corrected chi connectivity index (χ4v) is 3.15. The van der Waals surface area contributed by atoms with Gasteiger partial charge in [0.15, 0.2) is 0 Å². The lowest BCUT2D eigenvalue weighted by molar-refractivity contribution is -0.135. The molecule has 1 amide bonds. The molecule has 2 saturated heterocycles. The van der Waals surface area contributed by atoms with Crippen molar-refractivity contribution >= 4 is 5.91 Å². The van der Waals surface area contributed by atoms with E-state index < -0.39 is 0 Å². The Morgan fingerprint density at radius 2 is 2.06 bits per heavy atom. The first-order chi connectivity index (χ1) is 8.70. The molecule has 18 heavy (non-hydrogen) atoms. The third-order valence-corrected chi connectivity index (χ3v) is 4.37. The van der Waals surface area contributed by atoms with Crippen molar-refractivity contribution in [3.63, 3.8) is 0 Å². The Bertz CT molecular complexity index is 276. The summed E-state index contributed by atoms with van der Waals surface area (Å²) >= 11 is 0. The highest BCUT2D eigenvalue weighted by Gasteiger charge is 2.30. The largest absolute Gasteiger partial charge is 0.342 e. The Balaban J connectivity index is 1.85. The maximum Gasteiger partial charge on any atom is 0.227 e. The number of amides is 1. The zero-order chi connectivity index (χ0) is 13.0. The molecule has 104 valence electrons. The molecular formula is C14H27N3O. The first-order valence-corrected chi connectivity index (χ1v) is 7.38. The van der Waals surface area contributed by atoms with Crippen molar-refractivity contribution in [3.05, 3.63) is 0 Å². The molecule has 1 atom stereocenters. The lowest BCUT2D eigenvalue weighted by Gasteiger charge is -2.31. The zero-order valence-electron chi connectivity index (χ0n) is 11.8. The van der Waals surface area contributed by atoms with E-state index in [0.29, 0.717) is 11.8 Å². The van der Waals surface area contributed by atoms with Crippen molar-refractivity contribution < 1.29 is 4.79 Å². The van der Waals surface area contributed by atoms with Gasteiger partial charge in [0.2, 0.25) is 5.91 Å². The van der Waals surface area contributed by atoms with E-state index in [1.807, 2.05) is 0 Å². The smallest absolute Gasteiger partial charge is 0.227 e. The lowest BCUT2D eigenvalue weighted by atomic mass is 9.96. The van der Waals surface area contributed by atoms with E-state index in [4.69, 9.17) is 0 Å². The number of hydrogen-bond acceptors (Lipinski definition) is 3. The Hall–Kier alpha value is -0.610. The van der Waals surface area contributed by atoms with Crippen molar-refractivity contribution in [1.29, 1.82) is 0 Å². The maximum atomic E-state index is 12.5. The highest BCUT2D eigenvalue weighted by atomic mass is 16.2. The van der Waals surface area contributed by atoms with Crippen molar-refractivity contribution in [2.45, 2.75) is 26.2 Å². The molecule has 0 spiro atoms. The van der Waals surface area contributed by atoms with Crippen LogP contribution in [-0.4, -0.2) is 62.0 Å². The van der Waals surface area contributed by atoms with Crippen LogP contribution in [0.15, 0.2) is 0 Å². The van der Waals surface area contributed by atoms with Gasteiger partial charge in [-0.3, -0.25) is 4.79 Å². The minimum atomic E-state index is 0.247. The van der Waals surface area contributed by atoms with Crippen molar-refractivity contribution in [3.8, 4) is 0 Å². The van der Waals surface area contributed by atoms with Crippen LogP contribution in [0.25, 0.3) is 0 Å². The van der Waals surface area contributed by atoms with E-state index in [1.54, 1.807) is 0 Å². The van der Waals surface area contributed by atoms with Crippen LogP contribution >= 0.6 is 0 Å². The molecule has 0 radical (unpaired) electrons. The minimum absolute atomic E-state index is 0.247. The number of likely N-dealkylation sites (tertiary alicyclic amines) is 1. The number of carbonyl (C=O) groups is 1. The molecule has 2 fully saturated rings. The van der Waals surface area contributed by atoms with Crippen LogP contribution in [0.3, 0.4) is 0 Å². The van der Waals surface area contributed by atoms with Gasteiger partial charge in [0.05, 0.1) is 5.92 Å². The van der Waals surface area contributed by atoms with Crippen LogP contribution < -0.4 is 5.32 Å². The first-order valence-electron chi connectivity index (χ1n) is 7.38. The summed E-state index contributed by atoms with van der Waals surface area (Å²) in [6.45, 7) is 8.19. The van der Waals surface area contributed by atoms with Gasteiger partial charge in [0.1, 0.15) is 0 Å². The monoisotopic (exact) mass is 253 g/mol. The van der Waals surface area contributed by atoms with E-state index >= 15 is 0 Å². The summed E-state index contributed by atoms with van der Waals surface area (Å²) in [5.74, 6) is 1.34. The van der Waals surface area contributed by atoms with E-state index in [1.165, 1.54) is 12.8 Å². The molecule has 1 unspecified atom stereocenters. The molecule has 0 aromatic rings. The predicted molar refractivity (Wildman–Crippen MR) is 73.5 cm³/mol. The molecule has 0 aliphatic carbocycles. The van der Waals surface area contributed by atoms with Gasteiger partial charge >= 0.3 is 0 Å². The Morgan fingerprint density at radius 1 is 1.33 bits per heavy atom. The molecule has 1 N–H and O–H groups in total. The van der Waals surface area contributed by atoms with Gasteiger partial charge in [-0.15, -0.1) is 0 Å². The van der Waals surface area contributed by atoms with Crippen LogP contribution in [-0.2, 0) is 4.79 Å². The van der Waals surface area contributed by atoms with Gasteiger partial charge in [-0.05, 0) is 58.8 Å². The average molecular weight is 253 g/mol. The topological polar surface area (TPSA) is 35.6 Å². The van der Waals surface area contributed by atoms with Crippen LogP contribution in [0.1, 0.15) is 26.2 Å². The van der Waals surface area contributed by atoms with E-state index in [2.05, 4.69) is 29.1 Å². The molecule has 2 rings (SSSR count). The number of carbonyl (C=O) groups excluding carboxylic acids is 1. The average Bonchev–Trinajstić information content (AvgIpc) is 2.83. The Kier molecular flexibility index (Phi) is 5.01. The molecule has 2 aliphatic rings. The molecule has 2 aliphatic heterocycles. The molecule has 2 heterocycles. The van der Waals surface area contributed by atoms with E-state index in [9.17, 15) is 4.79 Å². The second-order valence-electron chi connectivity index (χ2n) is 5.82. The number of hydrogen-bond donors (Lipinski definition) is 1. The predicted octanol–water partition coefficient (Wildman–Crippen LogP) is 0.786.